The van der Waals surface area contributed by atoms with Crippen LogP contribution < -0.4 is 0 Å². The summed E-state index contributed by atoms with van der Waals surface area (Å²) in [7, 11) is -8.15. The normalized spacial score (nSPS) is 19.7. The molecule has 1 rings (SSSR count). The third-order valence-corrected chi connectivity index (χ3v) is 9.99. The van der Waals surface area contributed by atoms with Gasteiger partial charge in [-0.25, -0.2) is 4.79 Å². The van der Waals surface area contributed by atoms with Crippen LogP contribution >= 0.6 is 0 Å². The van der Waals surface area contributed by atoms with E-state index in [2.05, 4.69) is 4.18 Å². The minimum atomic E-state index is -5.87. The van der Waals surface area contributed by atoms with Crippen molar-refractivity contribution in [2.75, 3.05) is 6.61 Å². The van der Waals surface area contributed by atoms with Crippen molar-refractivity contribution in [1.82, 2.24) is 0 Å². The van der Waals surface area contributed by atoms with Crippen molar-refractivity contribution in [2.24, 2.45) is 0 Å². The molecule has 0 saturated heterocycles. The first-order valence-electron chi connectivity index (χ1n) is 8.09. The van der Waals surface area contributed by atoms with Gasteiger partial charge in [-0.1, -0.05) is 20.8 Å². The molecule has 6 nitrogen and oxygen atoms in total. The van der Waals surface area contributed by atoms with E-state index in [9.17, 15) is 26.4 Å². The lowest BCUT2D eigenvalue weighted by Crippen LogP contribution is -2.43. The molecule has 1 atom stereocenters. The van der Waals surface area contributed by atoms with Crippen molar-refractivity contribution in [1.29, 1.82) is 0 Å². The summed E-state index contributed by atoms with van der Waals surface area (Å²) < 4.78 is 75.6. The number of ether oxygens (including phenoxy) is 1. The summed E-state index contributed by atoms with van der Waals surface area (Å²) in [5.41, 5.74) is -5.82. The van der Waals surface area contributed by atoms with Gasteiger partial charge in [0.05, 0.1) is 18.3 Å². The lowest BCUT2D eigenvalue weighted by Gasteiger charge is -2.38. The molecule has 11 heteroatoms. The Morgan fingerprint density at radius 2 is 1.73 bits per heavy atom. The van der Waals surface area contributed by atoms with Crippen LogP contribution in [0.15, 0.2) is 11.3 Å². The average molecular weight is 419 g/mol. The zero-order valence-corrected chi connectivity index (χ0v) is 17.5. The van der Waals surface area contributed by atoms with Gasteiger partial charge in [-0.15, -0.1) is 0 Å². The monoisotopic (exact) mass is 418 g/mol. The van der Waals surface area contributed by atoms with Gasteiger partial charge in [0.2, 0.25) is 0 Å². The molecule has 0 amide bonds. The number of carbonyl (C=O) groups is 1. The maximum atomic E-state index is 12.6. The van der Waals surface area contributed by atoms with Gasteiger partial charge in [0, 0.05) is 12.8 Å². The quantitative estimate of drug-likeness (QED) is 0.282. The molecule has 1 aliphatic carbocycles. The first-order chi connectivity index (χ1) is 11.5. The summed E-state index contributed by atoms with van der Waals surface area (Å²) in [6, 6.07) is 0. The molecule has 0 saturated carbocycles. The van der Waals surface area contributed by atoms with E-state index in [-0.39, 0.29) is 30.1 Å². The molecule has 0 radical (unpaired) electrons. The summed E-state index contributed by atoms with van der Waals surface area (Å²) >= 11 is 0. The number of carbonyl (C=O) groups excluding carboxylic acids is 1. The van der Waals surface area contributed by atoms with Gasteiger partial charge in [0.25, 0.3) is 0 Å². The van der Waals surface area contributed by atoms with Gasteiger partial charge in [-0.2, -0.15) is 21.6 Å². The standard InChI is InChI=1S/C15H25F3O6SSi/c1-7-22-13(19)11-8-10(24-26(5,6)14(2,3)4)9-12(11)23-25(20,21)15(16,17)18/h10H,7-9H2,1-6H3. The van der Waals surface area contributed by atoms with E-state index < -0.39 is 41.8 Å². The van der Waals surface area contributed by atoms with Gasteiger partial charge in [-0.05, 0) is 25.1 Å². The highest BCUT2D eigenvalue weighted by Gasteiger charge is 2.50. The number of hydrogen-bond donors (Lipinski definition) is 0. The third-order valence-electron chi connectivity index (χ3n) is 4.46. The summed E-state index contributed by atoms with van der Waals surface area (Å²) in [5.74, 6) is -1.47. The van der Waals surface area contributed by atoms with E-state index in [1.807, 2.05) is 33.9 Å². The minimum absolute atomic E-state index is 0.00457. The van der Waals surface area contributed by atoms with E-state index in [1.165, 1.54) is 6.92 Å². The number of esters is 1. The topological polar surface area (TPSA) is 78.9 Å². The Balaban J connectivity index is 3.10. The van der Waals surface area contributed by atoms with Crippen LogP contribution in [0.25, 0.3) is 0 Å². The molecule has 0 aromatic carbocycles. The number of rotatable bonds is 6. The van der Waals surface area contributed by atoms with Crippen LogP contribution in [0.4, 0.5) is 13.2 Å². The van der Waals surface area contributed by atoms with E-state index in [0.717, 1.165) is 0 Å². The third kappa shape index (κ3) is 5.23. The molecule has 0 N–H and O–H groups in total. The molecule has 1 aliphatic rings. The van der Waals surface area contributed by atoms with Crippen LogP contribution in [0.1, 0.15) is 40.5 Å². The Hall–Kier alpha value is -1.07. The van der Waals surface area contributed by atoms with E-state index >= 15 is 0 Å². The predicted molar refractivity (Wildman–Crippen MR) is 91.0 cm³/mol. The second kappa shape index (κ2) is 7.51. The molecule has 0 aliphatic heterocycles. The van der Waals surface area contributed by atoms with Gasteiger partial charge >= 0.3 is 21.6 Å². The summed E-state index contributed by atoms with van der Waals surface area (Å²) in [6.45, 7) is 11.4. The van der Waals surface area contributed by atoms with E-state index in [0.29, 0.717) is 0 Å². The molecule has 1 unspecified atom stereocenters. The average Bonchev–Trinajstić information content (AvgIpc) is 2.77. The van der Waals surface area contributed by atoms with Gasteiger partial charge in [-0.3, -0.25) is 0 Å². The summed E-state index contributed by atoms with van der Waals surface area (Å²) in [5, 5.41) is -0.168. The van der Waals surface area contributed by atoms with Crippen LogP contribution in [0.3, 0.4) is 0 Å². The first kappa shape index (κ1) is 23.0. The fourth-order valence-electron chi connectivity index (χ4n) is 2.10. The molecule has 0 heterocycles. The van der Waals surface area contributed by atoms with Crippen molar-refractivity contribution in [2.45, 2.75) is 70.3 Å². The van der Waals surface area contributed by atoms with Crippen LogP contribution in [-0.4, -0.2) is 40.9 Å². The largest absolute Gasteiger partial charge is 0.534 e. The highest BCUT2D eigenvalue weighted by atomic mass is 32.2. The molecule has 26 heavy (non-hydrogen) atoms. The lowest BCUT2D eigenvalue weighted by molar-refractivity contribution is -0.138. The fourth-order valence-corrected chi connectivity index (χ4v) is 3.98. The van der Waals surface area contributed by atoms with Gasteiger partial charge < -0.3 is 13.3 Å². The van der Waals surface area contributed by atoms with Crippen molar-refractivity contribution in [3.05, 3.63) is 11.3 Å². The molecule has 152 valence electrons. The maximum absolute atomic E-state index is 12.6. The second-order valence-electron chi connectivity index (χ2n) is 7.51. The highest BCUT2D eigenvalue weighted by Crippen LogP contribution is 2.41. The van der Waals surface area contributed by atoms with Crippen LogP contribution in [0.2, 0.25) is 18.1 Å². The molecule has 0 spiro atoms. The molecular formula is C15H25F3O6SSi. The zero-order chi connectivity index (χ0) is 20.6. The Labute approximate surface area is 152 Å². The number of halogens is 3. The Bertz CT molecular complexity index is 676. The minimum Gasteiger partial charge on any atom is -0.463 e. The van der Waals surface area contributed by atoms with Crippen molar-refractivity contribution in [3.8, 4) is 0 Å². The summed E-state index contributed by atoms with van der Waals surface area (Å²) in [4.78, 5) is 12.0. The predicted octanol–water partition coefficient (Wildman–Crippen LogP) is 3.85. The maximum Gasteiger partial charge on any atom is 0.534 e. The second-order valence-corrected chi connectivity index (χ2v) is 13.8. The fraction of sp³-hybridized carbons (Fsp3) is 0.800. The molecular weight excluding hydrogens is 393 g/mol. The Morgan fingerprint density at radius 3 is 2.15 bits per heavy atom. The lowest BCUT2D eigenvalue weighted by atomic mass is 10.2. The van der Waals surface area contributed by atoms with Gasteiger partial charge in [0.15, 0.2) is 8.32 Å². The number of alkyl halides is 3. The smallest absolute Gasteiger partial charge is 0.463 e. The van der Waals surface area contributed by atoms with Crippen molar-refractivity contribution in [3.63, 3.8) is 0 Å². The van der Waals surface area contributed by atoms with Crippen LogP contribution in [0, 0.1) is 0 Å². The van der Waals surface area contributed by atoms with E-state index in [1.54, 1.807) is 0 Å². The SMILES string of the molecule is CCOC(=O)C1=C(OS(=O)(=O)C(F)(F)F)CC(O[Si](C)(C)C(C)(C)C)C1. The summed E-state index contributed by atoms with van der Waals surface area (Å²) in [6.07, 6.45) is -0.946. The molecule has 0 aromatic heterocycles. The van der Waals surface area contributed by atoms with Crippen LogP contribution in [-0.2, 0) is 28.3 Å². The van der Waals surface area contributed by atoms with Crippen LogP contribution in [0.5, 0.6) is 0 Å². The first-order valence-corrected chi connectivity index (χ1v) is 12.4. The van der Waals surface area contributed by atoms with Gasteiger partial charge in [0.1, 0.15) is 5.76 Å². The Kier molecular flexibility index (Phi) is 6.63. The Morgan fingerprint density at radius 1 is 1.19 bits per heavy atom. The molecule has 0 bridgehead atoms. The van der Waals surface area contributed by atoms with Crippen molar-refractivity contribution < 1.29 is 39.7 Å². The molecule has 0 aromatic rings. The van der Waals surface area contributed by atoms with Crippen molar-refractivity contribution >= 4 is 24.4 Å². The zero-order valence-electron chi connectivity index (χ0n) is 15.7. The highest BCUT2D eigenvalue weighted by molar-refractivity contribution is 7.87. The van der Waals surface area contributed by atoms with E-state index in [4.69, 9.17) is 9.16 Å². The number of hydrogen-bond acceptors (Lipinski definition) is 6. The molecule has 0 fully saturated rings.